The molecule has 0 spiro atoms. The van der Waals surface area contributed by atoms with E-state index in [1.807, 2.05) is 0 Å². The SMILES string of the molecule is O=S(=O)(NS(=O)(=O)C(F)(F)F)C(F)(F)F.[Al]. The van der Waals surface area contributed by atoms with Crippen molar-refractivity contribution in [3.8, 4) is 0 Å². The standard InChI is InChI=1S/C2HF6NO4S2.Al/c3-1(4,5)14(10,11)9-15(12,13)2(6,7)8;/h9H;. The molecule has 16 heavy (non-hydrogen) atoms. The van der Waals surface area contributed by atoms with Gasteiger partial charge in [-0.2, -0.15) is 26.3 Å². The Morgan fingerprint density at radius 1 is 0.688 bits per heavy atom. The molecule has 0 saturated heterocycles. The predicted octanol–water partition coefficient (Wildman–Crippen LogP) is -0.106. The van der Waals surface area contributed by atoms with E-state index in [0.717, 1.165) is 0 Å². The fourth-order valence-electron chi connectivity index (χ4n) is 0.239. The Balaban J connectivity index is 0. The van der Waals surface area contributed by atoms with Gasteiger partial charge in [0.05, 0.1) is 0 Å². The Kier molecular flexibility index (Phi) is 5.37. The fraction of sp³-hybridized carbons (Fsp3) is 1.00. The number of halogens is 6. The van der Waals surface area contributed by atoms with E-state index < -0.39 is 35.2 Å². The predicted molar refractivity (Wildman–Crippen MR) is 38.8 cm³/mol. The minimum atomic E-state index is -6.60. The van der Waals surface area contributed by atoms with Gasteiger partial charge in [0.2, 0.25) is 0 Å². The van der Waals surface area contributed by atoms with Crippen LogP contribution in [-0.2, 0) is 20.0 Å². The van der Waals surface area contributed by atoms with Crippen molar-refractivity contribution in [2.75, 3.05) is 0 Å². The van der Waals surface area contributed by atoms with Gasteiger partial charge in [-0.3, -0.25) is 0 Å². The smallest absolute Gasteiger partial charge is 0.202 e. The Morgan fingerprint density at radius 3 is 1.00 bits per heavy atom. The molecule has 0 aromatic heterocycles. The average molecular weight is 308 g/mol. The van der Waals surface area contributed by atoms with Crippen LogP contribution in [0.5, 0.6) is 0 Å². The van der Waals surface area contributed by atoms with Gasteiger partial charge < -0.3 is 0 Å². The monoisotopic (exact) mass is 308 g/mol. The molecular weight excluding hydrogens is 307 g/mol. The lowest BCUT2D eigenvalue weighted by atomic mass is 11.6. The lowest BCUT2D eigenvalue weighted by Gasteiger charge is -2.11. The zero-order valence-electron chi connectivity index (χ0n) is 6.79. The van der Waals surface area contributed by atoms with Gasteiger partial charge in [0, 0.05) is 17.4 Å². The second kappa shape index (κ2) is 4.69. The Bertz CT molecular complexity index is 390. The van der Waals surface area contributed by atoms with E-state index >= 15 is 0 Å². The van der Waals surface area contributed by atoms with Crippen molar-refractivity contribution in [3.63, 3.8) is 0 Å². The number of rotatable bonds is 2. The highest BCUT2D eigenvalue weighted by Crippen LogP contribution is 2.27. The summed E-state index contributed by atoms with van der Waals surface area (Å²) in [5.74, 6) is 0. The molecule has 0 saturated carbocycles. The molecule has 0 bridgehead atoms. The molecule has 0 aliphatic rings. The first-order chi connectivity index (χ1) is 6.21. The van der Waals surface area contributed by atoms with E-state index in [1.54, 1.807) is 0 Å². The van der Waals surface area contributed by atoms with Crippen molar-refractivity contribution in [1.82, 2.24) is 4.13 Å². The van der Waals surface area contributed by atoms with Crippen LogP contribution in [0, 0.1) is 0 Å². The molecule has 95 valence electrons. The van der Waals surface area contributed by atoms with E-state index in [-0.39, 0.29) is 17.4 Å². The molecule has 0 aliphatic carbocycles. The third-order valence-corrected chi connectivity index (χ3v) is 3.80. The summed E-state index contributed by atoms with van der Waals surface area (Å²) in [6.07, 6.45) is 0. The maximum absolute atomic E-state index is 11.5. The van der Waals surface area contributed by atoms with Crippen LogP contribution in [0.2, 0.25) is 0 Å². The summed E-state index contributed by atoms with van der Waals surface area (Å²) in [5, 5.41) is 0. The topological polar surface area (TPSA) is 80.3 Å². The minimum absolute atomic E-state index is 0. The molecule has 0 heterocycles. The second-order valence-electron chi connectivity index (χ2n) is 1.98. The molecule has 0 aromatic carbocycles. The van der Waals surface area contributed by atoms with Crippen LogP contribution in [0.3, 0.4) is 0 Å². The summed E-state index contributed by atoms with van der Waals surface area (Å²) in [6.45, 7) is 0. The number of alkyl halides is 6. The molecule has 0 aromatic rings. The molecule has 0 amide bonds. The molecule has 0 atom stereocenters. The van der Waals surface area contributed by atoms with Crippen LogP contribution in [-0.4, -0.2) is 45.2 Å². The average Bonchev–Trinajstić information content (AvgIpc) is 1.77. The number of hydrogen-bond donors (Lipinski definition) is 1. The van der Waals surface area contributed by atoms with Gasteiger partial charge in [-0.05, 0) is 0 Å². The Labute approximate surface area is 96.0 Å². The summed E-state index contributed by atoms with van der Waals surface area (Å²) < 4.78 is 108. The number of sulfonamides is 2. The summed E-state index contributed by atoms with van der Waals surface area (Å²) in [6, 6.07) is 0. The third kappa shape index (κ3) is 4.09. The molecule has 0 rings (SSSR count). The maximum atomic E-state index is 11.5. The van der Waals surface area contributed by atoms with E-state index in [0.29, 0.717) is 0 Å². The maximum Gasteiger partial charge on any atom is 0.512 e. The van der Waals surface area contributed by atoms with Crippen molar-refractivity contribution >= 4 is 37.4 Å². The van der Waals surface area contributed by atoms with E-state index in [2.05, 4.69) is 0 Å². The highest BCUT2D eigenvalue weighted by molar-refractivity contribution is 8.05. The summed E-state index contributed by atoms with van der Waals surface area (Å²) in [5.41, 5.74) is -12.3. The van der Waals surface area contributed by atoms with Crippen LogP contribution in [0.4, 0.5) is 26.3 Å². The van der Waals surface area contributed by atoms with Gasteiger partial charge in [0.25, 0.3) is 0 Å². The molecule has 3 radical (unpaired) electrons. The molecular formula is C2HAlF6NO4S2. The summed E-state index contributed by atoms with van der Waals surface area (Å²) >= 11 is 0. The lowest BCUT2D eigenvalue weighted by molar-refractivity contribution is -0.0476. The van der Waals surface area contributed by atoms with Gasteiger partial charge in [-0.15, -0.1) is 0 Å². The molecule has 0 fully saturated rings. The van der Waals surface area contributed by atoms with Crippen LogP contribution < -0.4 is 4.13 Å². The zero-order chi connectivity index (χ0) is 12.7. The van der Waals surface area contributed by atoms with E-state index in [1.165, 1.54) is 0 Å². The van der Waals surface area contributed by atoms with Crippen LogP contribution in [0.25, 0.3) is 0 Å². The molecule has 1 N–H and O–H groups in total. The number of nitrogens with one attached hydrogen (secondary N) is 1. The molecule has 0 aliphatic heterocycles. The van der Waals surface area contributed by atoms with Crippen molar-refractivity contribution in [3.05, 3.63) is 0 Å². The normalized spacial score (nSPS) is 14.4. The lowest BCUT2D eigenvalue weighted by Crippen LogP contribution is -2.45. The summed E-state index contributed by atoms with van der Waals surface area (Å²) in [4.78, 5) is 0. The van der Waals surface area contributed by atoms with Gasteiger partial charge in [-0.25, -0.2) is 16.8 Å². The fourth-order valence-corrected chi connectivity index (χ4v) is 2.15. The van der Waals surface area contributed by atoms with Crippen molar-refractivity contribution in [2.24, 2.45) is 0 Å². The van der Waals surface area contributed by atoms with E-state index in [4.69, 9.17) is 0 Å². The van der Waals surface area contributed by atoms with Crippen LogP contribution >= 0.6 is 0 Å². The van der Waals surface area contributed by atoms with Crippen LogP contribution in [0.15, 0.2) is 0 Å². The number of hydrogen-bond acceptors (Lipinski definition) is 4. The van der Waals surface area contributed by atoms with Crippen molar-refractivity contribution in [2.45, 2.75) is 11.0 Å². The van der Waals surface area contributed by atoms with Crippen molar-refractivity contribution < 1.29 is 43.2 Å². The van der Waals surface area contributed by atoms with Gasteiger partial charge >= 0.3 is 31.1 Å². The highest BCUT2D eigenvalue weighted by Gasteiger charge is 2.55. The van der Waals surface area contributed by atoms with Crippen LogP contribution in [0.1, 0.15) is 0 Å². The first-order valence-corrected chi connectivity index (χ1v) is 5.58. The first kappa shape index (κ1) is 18.3. The van der Waals surface area contributed by atoms with Gasteiger partial charge in [0.15, 0.2) is 0 Å². The Morgan fingerprint density at radius 2 is 0.875 bits per heavy atom. The zero-order valence-corrected chi connectivity index (χ0v) is 9.58. The third-order valence-electron chi connectivity index (χ3n) is 0.829. The highest BCUT2D eigenvalue weighted by atomic mass is 32.3. The molecule has 0 unspecified atom stereocenters. The second-order valence-corrected chi connectivity index (χ2v) is 5.59. The van der Waals surface area contributed by atoms with Crippen molar-refractivity contribution in [1.29, 1.82) is 0 Å². The minimum Gasteiger partial charge on any atom is -0.202 e. The van der Waals surface area contributed by atoms with E-state index in [9.17, 15) is 43.2 Å². The molecule has 14 heteroatoms. The van der Waals surface area contributed by atoms with Gasteiger partial charge in [0.1, 0.15) is 0 Å². The molecule has 5 nitrogen and oxygen atoms in total. The quantitative estimate of drug-likeness (QED) is 0.570. The first-order valence-electron chi connectivity index (χ1n) is 2.62. The summed E-state index contributed by atoms with van der Waals surface area (Å²) in [7, 11) is -13.2. The largest absolute Gasteiger partial charge is 0.512 e. The Hall–Kier alpha value is -0.0275. The van der Waals surface area contributed by atoms with Gasteiger partial charge in [-0.1, -0.05) is 4.13 Å².